The number of halogens is 2. The lowest BCUT2D eigenvalue weighted by Crippen LogP contribution is -2.38. The molecule has 23 heavy (non-hydrogen) atoms. The molecule has 0 aliphatic carbocycles. The lowest BCUT2D eigenvalue weighted by atomic mass is 10.1. The molecule has 0 saturated carbocycles. The Morgan fingerprint density at radius 3 is 2.65 bits per heavy atom. The molecule has 1 unspecified atom stereocenters. The van der Waals surface area contributed by atoms with Crippen LogP contribution in [0.1, 0.15) is 24.4 Å². The van der Waals surface area contributed by atoms with Crippen molar-refractivity contribution in [1.82, 2.24) is 14.9 Å². The molecule has 1 atom stereocenters. The third-order valence-corrected chi connectivity index (χ3v) is 3.68. The predicted octanol–water partition coefficient (Wildman–Crippen LogP) is 2.55. The Bertz CT molecular complexity index is 724. The lowest BCUT2D eigenvalue weighted by molar-refractivity contribution is -0.157. The molecule has 0 aliphatic heterocycles. The van der Waals surface area contributed by atoms with E-state index in [-0.39, 0.29) is 12.2 Å². The molecule has 1 N–H and O–H groups in total. The number of pyridine rings is 2. The van der Waals surface area contributed by atoms with Crippen molar-refractivity contribution in [2.24, 2.45) is 0 Å². The minimum atomic E-state index is -1.62. The van der Waals surface area contributed by atoms with Gasteiger partial charge >= 0.3 is 11.9 Å². The van der Waals surface area contributed by atoms with E-state index in [2.05, 4.69) is 25.9 Å². The molecular formula is C15H13BrFN3O3. The first-order chi connectivity index (χ1) is 10.9. The van der Waals surface area contributed by atoms with Crippen molar-refractivity contribution in [1.29, 1.82) is 0 Å². The summed E-state index contributed by atoms with van der Waals surface area (Å²) in [4.78, 5) is 32.1. The fraction of sp³-hybridized carbons (Fsp3) is 0.200. The molecule has 0 fully saturated rings. The molecule has 0 saturated heterocycles. The maximum Gasteiger partial charge on any atom is 0.394 e. The number of hydrogen-bond donors (Lipinski definition) is 1. The number of nitrogens with zero attached hydrogens (tertiary/aromatic N) is 3. The minimum absolute atomic E-state index is 0.000730. The maximum absolute atomic E-state index is 13.9. The molecule has 2 aromatic heterocycles. The molecular weight excluding hydrogens is 369 g/mol. The summed E-state index contributed by atoms with van der Waals surface area (Å²) in [7, 11) is 0. The molecule has 0 aliphatic rings. The van der Waals surface area contributed by atoms with Crippen molar-refractivity contribution < 1.29 is 19.1 Å². The molecule has 2 aromatic rings. The van der Waals surface area contributed by atoms with Gasteiger partial charge in [0.15, 0.2) is 0 Å². The summed E-state index contributed by atoms with van der Waals surface area (Å²) < 4.78 is 14.6. The zero-order chi connectivity index (χ0) is 17.0. The Hall–Kier alpha value is -2.35. The van der Waals surface area contributed by atoms with Crippen LogP contribution in [0.2, 0.25) is 0 Å². The van der Waals surface area contributed by atoms with Gasteiger partial charge in [-0.2, -0.15) is 0 Å². The van der Waals surface area contributed by atoms with Crippen LogP contribution >= 0.6 is 15.9 Å². The summed E-state index contributed by atoms with van der Waals surface area (Å²) >= 11 is 3.24. The average Bonchev–Trinajstić information content (AvgIpc) is 2.53. The first-order valence-corrected chi connectivity index (χ1v) is 7.44. The third-order valence-electron chi connectivity index (χ3n) is 3.21. The Kier molecular flexibility index (Phi) is 5.38. The molecule has 2 rings (SSSR count). The highest BCUT2D eigenvalue weighted by Crippen LogP contribution is 2.23. The summed E-state index contributed by atoms with van der Waals surface area (Å²) in [6, 6.07) is 5.14. The predicted molar refractivity (Wildman–Crippen MR) is 82.7 cm³/mol. The second-order valence-electron chi connectivity index (χ2n) is 4.75. The zero-order valence-electron chi connectivity index (χ0n) is 12.1. The third kappa shape index (κ3) is 4.10. The number of rotatable bonds is 4. The summed E-state index contributed by atoms with van der Waals surface area (Å²) in [5.41, 5.74) is 0.477. The summed E-state index contributed by atoms with van der Waals surface area (Å²) in [5.74, 6) is -3.37. The van der Waals surface area contributed by atoms with Crippen LogP contribution in [0.4, 0.5) is 4.39 Å². The van der Waals surface area contributed by atoms with Gasteiger partial charge in [0.25, 0.3) is 0 Å². The van der Waals surface area contributed by atoms with Gasteiger partial charge in [-0.1, -0.05) is 0 Å². The Morgan fingerprint density at radius 2 is 2.09 bits per heavy atom. The second-order valence-corrected chi connectivity index (χ2v) is 5.67. The van der Waals surface area contributed by atoms with Gasteiger partial charge < -0.3 is 10.0 Å². The van der Waals surface area contributed by atoms with Crippen LogP contribution < -0.4 is 0 Å². The molecule has 2 heterocycles. The van der Waals surface area contributed by atoms with Crippen molar-refractivity contribution in [3.05, 3.63) is 58.3 Å². The Morgan fingerprint density at radius 1 is 1.35 bits per heavy atom. The molecule has 0 aromatic carbocycles. The van der Waals surface area contributed by atoms with Crippen LogP contribution in [-0.4, -0.2) is 31.9 Å². The van der Waals surface area contributed by atoms with Crippen LogP contribution in [-0.2, 0) is 16.1 Å². The number of aliphatic carboxylic acids is 1. The maximum atomic E-state index is 13.9. The fourth-order valence-electron chi connectivity index (χ4n) is 2.03. The fourth-order valence-corrected chi connectivity index (χ4v) is 2.27. The summed E-state index contributed by atoms with van der Waals surface area (Å²) in [6.45, 7) is 1.45. The number of carbonyl (C=O) groups excluding carboxylic acids is 1. The topological polar surface area (TPSA) is 83.4 Å². The number of carboxylic acids is 1. The number of hydrogen-bond acceptors (Lipinski definition) is 4. The number of carboxylic acid groups (broad SMARTS) is 1. The van der Waals surface area contributed by atoms with E-state index in [1.807, 2.05) is 0 Å². The van der Waals surface area contributed by atoms with Crippen LogP contribution in [0.5, 0.6) is 0 Å². The van der Waals surface area contributed by atoms with E-state index in [0.29, 0.717) is 5.69 Å². The first kappa shape index (κ1) is 17.0. The van der Waals surface area contributed by atoms with Crippen molar-refractivity contribution in [2.45, 2.75) is 19.5 Å². The quantitative estimate of drug-likeness (QED) is 0.822. The average molecular weight is 382 g/mol. The van der Waals surface area contributed by atoms with E-state index < -0.39 is 23.7 Å². The van der Waals surface area contributed by atoms with Crippen LogP contribution in [0.3, 0.4) is 0 Å². The van der Waals surface area contributed by atoms with Crippen molar-refractivity contribution in [3.8, 4) is 0 Å². The van der Waals surface area contributed by atoms with Crippen LogP contribution in [0, 0.1) is 5.82 Å². The molecule has 0 spiro atoms. The van der Waals surface area contributed by atoms with E-state index in [4.69, 9.17) is 5.11 Å². The largest absolute Gasteiger partial charge is 0.474 e. The SMILES string of the molecule is CC(c1ncccc1F)N(Cc1ccc(Br)cn1)C(=O)C(=O)O. The van der Waals surface area contributed by atoms with E-state index in [9.17, 15) is 14.0 Å². The molecule has 0 radical (unpaired) electrons. The number of carbonyl (C=O) groups is 2. The number of aromatic nitrogens is 2. The molecule has 0 bridgehead atoms. The molecule has 120 valence electrons. The Balaban J connectivity index is 2.34. The van der Waals surface area contributed by atoms with Gasteiger partial charge in [0.2, 0.25) is 0 Å². The van der Waals surface area contributed by atoms with Crippen molar-refractivity contribution >= 4 is 27.8 Å². The monoisotopic (exact) mass is 381 g/mol. The van der Waals surface area contributed by atoms with Gasteiger partial charge in [0.05, 0.1) is 24.0 Å². The molecule has 1 amide bonds. The van der Waals surface area contributed by atoms with Gasteiger partial charge in [-0.15, -0.1) is 0 Å². The summed E-state index contributed by atoms with van der Waals surface area (Å²) in [6.07, 6.45) is 2.92. The van der Waals surface area contributed by atoms with E-state index in [0.717, 1.165) is 9.37 Å². The first-order valence-electron chi connectivity index (χ1n) is 6.65. The van der Waals surface area contributed by atoms with Gasteiger partial charge in [-0.25, -0.2) is 9.18 Å². The van der Waals surface area contributed by atoms with Crippen LogP contribution in [0.25, 0.3) is 0 Å². The van der Waals surface area contributed by atoms with Crippen LogP contribution in [0.15, 0.2) is 41.1 Å². The van der Waals surface area contributed by atoms with E-state index in [1.54, 1.807) is 12.1 Å². The standard InChI is InChI=1S/C15H13BrFN3O3/c1-9(13-12(17)3-2-6-18-13)20(14(21)15(22)23)8-11-5-4-10(16)7-19-11/h2-7,9H,8H2,1H3,(H,22,23). The minimum Gasteiger partial charge on any atom is -0.474 e. The van der Waals surface area contributed by atoms with Gasteiger partial charge in [0.1, 0.15) is 5.82 Å². The number of amides is 1. The normalized spacial score (nSPS) is 11.8. The van der Waals surface area contributed by atoms with Gasteiger partial charge in [-0.3, -0.25) is 14.8 Å². The zero-order valence-corrected chi connectivity index (χ0v) is 13.7. The van der Waals surface area contributed by atoms with Gasteiger partial charge in [0, 0.05) is 16.9 Å². The second kappa shape index (κ2) is 7.28. The summed E-state index contributed by atoms with van der Waals surface area (Å²) in [5, 5.41) is 9.01. The van der Waals surface area contributed by atoms with E-state index in [1.165, 1.54) is 31.5 Å². The van der Waals surface area contributed by atoms with Gasteiger partial charge in [-0.05, 0) is 47.1 Å². The molecule has 6 nitrogen and oxygen atoms in total. The Labute approximate surface area is 140 Å². The lowest BCUT2D eigenvalue weighted by Gasteiger charge is -2.27. The highest BCUT2D eigenvalue weighted by Gasteiger charge is 2.29. The highest BCUT2D eigenvalue weighted by atomic mass is 79.9. The highest BCUT2D eigenvalue weighted by molar-refractivity contribution is 9.10. The van der Waals surface area contributed by atoms with Crippen molar-refractivity contribution in [2.75, 3.05) is 0 Å². The van der Waals surface area contributed by atoms with E-state index >= 15 is 0 Å². The smallest absolute Gasteiger partial charge is 0.394 e. The van der Waals surface area contributed by atoms with Crippen molar-refractivity contribution in [3.63, 3.8) is 0 Å². The molecule has 8 heteroatoms.